The first-order valence-electron chi connectivity index (χ1n) is 20.9. The second-order valence-electron chi connectivity index (χ2n) is 15.6. The van der Waals surface area contributed by atoms with Crippen LogP contribution in [0.15, 0.2) is 224 Å². The average molecular weight is 792 g/mol. The summed E-state index contributed by atoms with van der Waals surface area (Å²) >= 11 is 0. The summed E-state index contributed by atoms with van der Waals surface area (Å²) in [5, 5.41) is 4.73. The first-order valence-corrected chi connectivity index (χ1v) is 20.9. The van der Waals surface area contributed by atoms with Crippen LogP contribution in [0.2, 0.25) is 0 Å². The molecule has 12 aromatic rings. The monoisotopic (exact) mass is 791 g/mol. The van der Waals surface area contributed by atoms with Gasteiger partial charge in [0, 0.05) is 43.9 Å². The Morgan fingerprint density at radius 1 is 0.258 bits per heavy atom. The van der Waals surface area contributed by atoms with Crippen molar-refractivity contribution in [2.24, 2.45) is 0 Å². The van der Waals surface area contributed by atoms with Crippen LogP contribution in [0.3, 0.4) is 0 Å². The Hall–Kier alpha value is -8.41. The zero-order valence-corrected chi connectivity index (χ0v) is 33.6. The molecule has 0 unspecified atom stereocenters. The van der Waals surface area contributed by atoms with Crippen molar-refractivity contribution >= 4 is 43.6 Å². The Bertz CT molecular complexity index is 3610. The van der Waals surface area contributed by atoms with Gasteiger partial charge in [0.15, 0.2) is 17.5 Å². The van der Waals surface area contributed by atoms with Crippen LogP contribution in [0.1, 0.15) is 0 Å². The normalized spacial score (nSPS) is 11.5. The first kappa shape index (κ1) is 35.5. The lowest BCUT2D eigenvalue weighted by Gasteiger charge is -2.16. The van der Waals surface area contributed by atoms with Gasteiger partial charge in [0.2, 0.25) is 0 Å². The molecular formula is C57H37N5. The van der Waals surface area contributed by atoms with E-state index >= 15 is 0 Å². The fourth-order valence-electron chi connectivity index (χ4n) is 9.07. The molecule has 0 aliphatic carbocycles. The third-order valence-corrected chi connectivity index (χ3v) is 12.0. The molecule has 0 saturated heterocycles. The second-order valence-corrected chi connectivity index (χ2v) is 15.6. The lowest BCUT2D eigenvalue weighted by atomic mass is 10.0. The van der Waals surface area contributed by atoms with Crippen molar-refractivity contribution in [1.82, 2.24) is 24.1 Å². The molecule has 0 aliphatic heterocycles. The molecule has 0 bridgehead atoms. The van der Waals surface area contributed by atoms with Crippen LogP contribution in [0.5, 0.6) is 0 Å². The minimum Gasteiger partial charge on any atom is -0.309 e. The van der Waals surface area contributed by atoms with Crippen LogP contribution in [-0.4, -0.2) is 24.1 Å². The van der Waals surface area contributed by atoms with E-state index in [0.717, 1.165) is 61.3 Å². The van der Waals surface area contributed by atoms with E-state index in [1.165, 1.54) is 32.7 Å². The van der Waals surface area contributed by atoms with Gasteiger partial charge in [0.1, 0.15) is 0 Å². The molecule has 0 spiro atoms. The quantitative estimate of drug-likeness (QED) is 0.162. The Balaban J connectivity index is 1.12. The number of aromatic nitrogens is 5. The smallest absolute Gasteiger partial charge is 0.166 e. The van der Waals surface area contributed by atoms with Gasteiger partial charge in [-0.3, -0.25) is 0 Å². The van der Waals surface area contributed by atoms with Gasteiger partial charge in [-0.25, -0.2) is 15.0 Å². The molecule has 5 heteroatoms. The predicted octanol–water partition coefficient (Wildman–Crippen LogP) is 14.4. The van der Waals surface area contributed by atoms with Gasteiger partial charge in [-0.2, -0.15) is 0 Å². The first-order chi connectivity index (χ1) is 30.7. The molecule has 3 aromatic heterocycles. The summed E-state index contributed by atoms with van der Waals surface area (Å²) in [6.45, 7) is 0. The standard InChI is InChI=1S/C57H37N5/c1-5-17-38(18-6-1)41-31-34-52-49(35-41)46-26-14-16-28-51(46)62(52)54-36-42(39-19-7-2-8-20-39)29-33-48(54)57-59-55(40-21-9-3-10-22-40)58-56(60-57)43-30-32-47-45-25-13-15-27-50(45)61(53(47)37-43)44-23-11-4-12-24-44/h1-37H. The third-order valence-electron chi connectivity index (χ3n) is 12.0. The summed E-state index contributed by atoms with van der Waals surface area (Å²) < 4.78 is 4.72. The van der Waals surface area contributed by atoms with Crippen LogP contribution < -0.4 is 0 Å². The number of para-hydroxylation sites is 3. The van der Waals surface area contributed by atoms with Gasteiger partial charge < -0.3 is 9.13 Å². The molecule has 62 heavy (non-hydrogen) atoms. The van der Waals surface area contributed by atoms with Crippen LogP contribution in [0.25, 0.3) is 111 Å². The van der Waals surface area contributed by atoms with E-state index in [4.69, 9.17) is 15.0 Å². The Labute approximate surface area is 358 Å². The summed E-state index contributed by atoms with van der Waals surface area (Å²) in [4.78, 5) is 15.9. The largest absolute Gasteiger partial charge is 0.309 e. The molecule has 0 N–H and O–H groups in total. The predicted molar refractivity (Wildman–Crippen MR) is 256 cm³/mol. The highest BCUT2D eigenvalue weighted by Gasteiger charge is 2.22. The van der Waals surface area contributed by atoms with Gasteiger partial charge in [-0.15, -0.1) is 0 Å². The molecule has 0 radical (unpaired) electrons. The van der Waals surface area contributed by atoms with Crippen LogP contribution in [-0.2, 0) is 0 Å². The topological polar surface area (TPSA) is 48.5 Å². The summed E-state index contributed by atoms with van der Waals surface area (Å²) in [6, 6.07) is 79.3. The van der Waals surface area contributed by atoms with E-state index in [-0.39, 0.29) is 0 Å². The number of nitrogens with zero attached hydrogens (tertiary/aromatic N) is 5. The molecule has 5 nitrogen and oxygen atoms in total. The van der Waals surface area contributed by atoms with E-state index in [0.29, 0.717) is 17.5 Å². The maximum Gasteiger partial charge on any atom is 0.166 e. The second kappa shape index (κ2) is 14.7. The molecule has 0 aliphatic rings. The SMILES string of the molecule is c1ccc(-c2ccc(-c3nc(-c4ccccc4)nc(-c4ccc5c6ccccc6n(-c6ccccc6)c5c4)n3)c(-n3c4ccccc4c4cc(-c5ccccc5)ccc43)c2)cc1. The van der Waals surface area contributed by atoms with E-state index in [9.17, 15) is 0 Å². The van der Waals surface area contributed by atoms with E-state index in [1.54, 1.807) is 0 Å². The average Bonchev–Trinajstić information content (AvgIpc) is 3.87. The fraction of sp³-hybridized carbons (Fsp3) is 0. The number of fused-ring (bicyclic) bond motifs is 6. The zero-order valence-electron chi connectivity index (χ0n) is 33.6. The lowest BCUT2D eigenvalue weighted by Crippen LogP contribution is -2.04. The van der Waals surface area contributed by atoms with Gasteiger partial charge in [-0.1, -0.05) is 170 Å². The number of hydrogen-bond acceptors (Lipinski definition) is 3. The minimum atomic E-state index is 0.596. The van der Waals surface area contributed by atoms with Gasteiger partial charge in [0.25, 0.3) is 0 Å². The van der Waals surface area contributed by atoms with E-state index in [1.807, 2.05) is 18.2 Å². The van der Waals surface area contributed by atoms with Gasteiger partial charge in [-0.05, 0) is 76.9 Å². The van der Waals surface area contributed by atoms with E-state index in [2.05, 4.69) is 215 Å². The van der Waals surface area contributed by atoms with Crippen molar-refractivity contribution in [3.63, 3.8) is 0 Å². The maximum atomic E-state index is 5.40. The Kier molecular flexibility index (Phi) is 8.42. The number of benzene rings is 9. The maximum absolute atomic E-state index is 5.40. The van der Waals surface area contributed by atoms with Crippen molar-refractivity contribution in [3.05, 3.63) is 224 Å². The van der Waals surface area contributed by atoms with Crippen molar-refractivity contribution in [2.45, 2.75) is 0 Å². The van der Waals surface area contributed by atoms with E-state index < -0.39 is 0 Å². The van der Waals surface area contributed by atoms with Gasteiger partial charge >= 0.3 is 0 Å². The molecule has 9 aromatic carbocycles. The van der Waals surface area contributed by atoms with Crippen LogP contribution in [0.4, 0.5) is 0 Å². The molecule has 0 fully saturated rings. The van der Waals surface area contributed by atoms with Crippen LogP contribution in [0, 0.1) is 0 Å². The van der Waals surface area contributed by atoms with Crippen LogP contribution >= 0.6 is 0 Å². The summed E-state index contributed by atoms with van der Waals surface area (Å²) in [5.41, 5.74) is 13.9. The highest BCUT2D eigenvalue weighted by Crippen LogP contribution is 2.40. The highest BCUT2D eigenvalue weighted by atomic mass is 15.1. The lowest BCUT2D eigenvalue weighted by molar-refractivity contribution is 1.06. The van der Waals surface area contributed by atoms with Crippen molar-refractivity contribution in [1.29, 1.82) is 0 Å². The molecule has 0 amide bonds. The summed E-state index contributed by atoms with van der Waals surface area (Å²) in [7, 11) is 0. The Morgan fingerprint density at radius 3 is 1.40 bits per heavy atom. The number of rotatable bonds is 7. The van der Waals surface area contributed by atoms with Crippen molar-refractivity contribution < 1.29 is 0 Å². The minimum absolute atomic E-state index is 0.596. The third kappa shape index (κ3) is 5.98. The fourth-order valence-corrected chi connectivity index (χ4v) is 9.07. The number of hydrogen-bond donors (Lipinski definition) is 0. The zero-order chi connectivity index (χ0) is 41.0. The molecular weight excluding hydrogens is 755 g/mol. The molecule has 3 heterocycles. The molecule has 290 valence electrons. The van der Waals surface area contributed by atoms with Crippen molar-refractivity contribution in [3.8, 4) is 67.8 Å². The molecule has 0 saturated carbocycles. The van der Waals surface area contributed by atoms with Gasteiger partial charge in [0.05, 0.1) is 27.8 Å². The molecule has 0 atom stereocenters. The van der Waals surface area contributed by atoms with Crippen molar-refractivity contribution in [2.75, 3.05) is 0 Å². The summed E-state index contributed by atoms with van der Waals surface area (Å²) in [6.07, 6.45) is 0. The highest BCUT2D eigenvalue weighted by molar-refractivity contribution is 6.12. The summed E-state index contributed by atoms with van der Waals surface area (Å²) in [5.74, 6) is 1.81. The molecule has 12 rings (SSSR count). The Morgan fingerprint density at radius 2 is 0.726 bits per heavy atom.